The van der Waals surface area contributed by atoms with Gasteiger partial charge in [0.05, 0.1) is 11.6 Å². The molecule has 0 aliphatic carbocycles. The molecule has 1 saturated heterocycles. The highest BCUT2D eigenvalue weighted by atomic mass is 35.5. The minimum absolute atomic E-state index is 0.0149. The summed E-state index contributed by atoms with van der Waals surface area (Å²) in [6, 6.07) is 5.24. The van der Waals surface area contributed by atoms with Crippen molar-refractivity contribution >= 4 is 11.6 Å². The van der Waals surface area contributed by atoms with Gasteiger partial charge < -0.3 is 10.1 Å². The summed E-state index contributed by atoms with van der Waals surface area (Å²) >= 11 is 5.88. The molecule has 112 valence electrons. The van der Waals surface area contributed by atoms with Crippen LogP contribution >= 0.6 is 11.6 Å². The average Bonchev–Trinajstić information content (AvgIpc) is 2.45. The van der Waals surface area contributed by atoms with E-state index in [2.05, 4.69) is 12.2 Å². The maximum absolute atomic E-state index is 14.1. The van der Waals surface area contributed by atoms with Crippen LogP contribution in [0.4, 0.5) is 4.39 Å². The molecule has 1 aliphatic heterocycles. The second-order valence-corrected chi connectivity index (χ2v) is 6.13. The fourth-order valence-corrected chi connectivity index (χ4v) is 3.06. The van der Waals surface area contributed by atoms with Crippen molar-refractivity contribution in [2.45, 2.75) is 32.6 Å². The largest absolute Gasteiger partial charge is 0.381 e. The number of hydrogen-bond donors (Lipinski definition) is 1. The van der Waals surface area contributed by atoms with Gasteiger partial charge in [0.15, 0.2) is 0 Å². The molecule has 0 amide bonds. The van der Waals surface area contributed by atoms with E-state index in [0.29, 0.717) is 18.6 Å². The summed E-state index contributed by atoms with van der Waals surface area (Å²) in [4.78, 5) is 0. The number of hydrogen-bond acceptors (Lipinski definition) is 2. The summed E-state index contributed by atoms with van der Waals surface area (Å²) < 4.78 is 19.8. The topological polar surface area (TPSA) is 21.3 Å². The van der Waals surface area contributed by atoms with E-state index in [4.69, 9.17) is 16.3 Å². The summed E-state index contributed by atoms with van der Waals surface area (Å²) in [6.07, 6.45) is 3.88. The first-order chi connectivity index (χ1) is 9.67. The van der Waals surface area contributed by atoms with Crippen molar-refractivity contribution in [2.75, 3.05) is 26.3 Å². The number of rotatable bonds is 6. The van der Waals surface area contributed by atoms with Crippen molar-refractivity contribution < 1.29 is 9.13 Å². The van der Waals surface area contributed by atoms with Gasteiger partial charge in [0, 0.05) is 18.6 Å². The number of ether oxygens (including phenoxy) is 1. The molecule has 1 aliphatic rings. The lowest BCUT2D eigenvalue weighted by Crippen LogP contribution is -2.43. The summed E-state index contributed by atoms with van der Waals surface area (Å²) in [5.41, 5.74) is 0.681. The molecule has 1 aromatic carbocycles. The monoisotopic (exact) mass is 299 g/mol. The molecule has 20 heavy (non-hydrogen) atoms. The molecular formula is C16H23ClFNO. The zero-order chi connectivity index (χ0) is 14.4. The van der Waals surface area contributed by atoms with Crippen molar-refractivity contribution in [3.05, 3.63) is 34.6 Å². The first kappa shape index (κ1) is 15.7. The number of nitrogens with one attached hydrogen (secondary N) is 1. The van der Waals surface area contributed by atoms with Gasteiger partial charge in [-0.15, -0.1) is 0 Å². The molecule has 0 aromatic heterocycles. The molecule has 1 fully saturated rings. The summed E-state index contributed by atoms with van der Waals surface area (Å²) in [7, 11) is 0. The third kappa shape index (κ3) is 3.94. The zero-order valence-electron chi connectivity index (χ0n) is 12.1. The SMILES string of the molecule is CCCNCC1(Cc2cccc(Cl)c2F)CCCOC1. The lowest BCUT2D eigenvalue weighted by atomic mass is 9.77. The average molecular weight is 300 g/mol. The highest BCUT2D eigenvalue weighted by Crippen LogP contribution is 2.33. The van der Waals surface area contributed by atoms with Gasteiger partial charge in [-0.2, -0.15) is 0 Å². The van der Waals surface area contributed by atoms with E-state index in [0.717, 1.165) is 39.0 Å². The third-order valence-corrected chi connectivity index (χ3v) is 4.22. The van der Waals surface area contributed by atoms with Crippen LogP contribution in [0.1, 0.15) is 31.7 Å². The zero-order valence-corrected chi connectivity index (χ0v) is 12.8. The Bertz CT molecular complexity index is 432. The van der Waals surface area contributed by atoms with Gasteiger partial charge >= 0.3 is 0 Å². The molecule has 1 atom stereocenters. The highest BCUT2D eigenvalue weighted by molar-refractivity contribution is 6.30. The van der Waals surface area contributed by atoms with E-state index in [1.54, 1.807) is 6.07 Å². The van der Waals surface area contributed by atoms with Crippen molar-refractivity contribution in [3.8, 4) is 0 Å². The van der Waals surface area contributed by atoms with E-state index < -0.39 is 0 Å². The Morgan fingerprint density at radius 2 is 2.30 bits per heavy atom. The summed E-state index contributed by atoms with van der Waals surface area (Å²) in [6.45, 7) is 5.50. The molecule has 2 rings (SSSR count). The fraction of sp³-hybridized carbons (Fsp3) is 0.625. The van der Waals surface area contributed by atoms with Crippen LogP contribution < -0.4 is 5.32 Å². The predicted molar refractivity (Wildman–Crippen MR) is 80.8 cm³/mol. The highest BCUT2D eigenvalue weighted by Gasteiger charge is 2.33. The lowest BCUT2D eigenvalue weighted by Gasteiger charge is -2.37. The van der Waals surface area contributed by atoms with Gasteiger partial charge in [0.1, 0.15) is 5.82 Å². The van der Waals surface area contributed by atoms with Gasteiger partial charge in [0.2, 0.25) is 0 Å². The molecular weight excluding hydrogens is 277 g/mol. The fourth-order valence-electron chi connectivity index (χ4n) is 2.87. The van der Waals surface area contributed by atoms with Gasteiger partial charge in [0.25, 0.3) is 0 Å². The molecule has 1 N–H and O–H groups in total. The quantitative estimate of drug-likeness (QED) is 0.806. The minimum atomic E-state index is -0.283. The van der Waals surface area contributed by atoms with Crippen LogP contribution in [0, 0.1) is 11.2 Å². The second kappa shape index (κ2) is 7.39. The Kier molecular flexibility index (Phi) is 5.82. The van der Waals surface area contributed by atoms with Crippen LogP contribution in [0.5, 0.6) is 0 Å². The van der Waals surface area contributed by atoms with Crippen LogP contribution in [-0.2, 0) is 11.2 Å². The van der Waals surface area contributed by atoms with Gasteiger partial charge in [-0.1, -0.05) is 30.7 Å². The summed E-state index contributed by atoms with van der Waals surface area (Å²) in [5, 5.41) is 3.67. The first-order valence-corrected chi connectivity index (χ1v) is 7.76. The maximum Gasteiger partial charge on any atom is 0.144 e. The maximum atomic E-state index is 14.1. The Labute approximate surface area is 125 Å². The Morgan fingerprint density at radius 3 is 3.00 bits per heavy atom. The Morgan fingerprint density at radius 1 is 1.45 bits per heavy atom. The van der Waals surface area contributed by atoms with E-state index in [-0.39, 0.29) is 16.3 Å². The lowest BCUT2D eigenvalue weighted by molar-refractivity contribution is -0.00744. The predicted octanol–water partition coefficient (Wildman–Crippen LogP) is 3.82. The normalized spacial score (nSPS) is 22.9. The van der Waals surface area contributed by atoms with E-state index >= 15 is 0 Å². The number of halogens is 2. The molecule has 0 saturated carbocycles. The Balaban J connectivity index is 2.12. The van der Waals surface area contributed by atoms with Crippen molar-refractivity contribution in [1.82, 2.24) is 5.32 Å². The molecule has 0 radical (unpaired) electrons. The van der Waals surface area contributed by atoms with E-state index in [1.807, 2.05) is 12.1 Å². The van der Waals surface area contributed by atoms with Gasteiger partial charge in [-0.05, 0) is 43.9 Å². The van der Waals surface area contributed by atoms with Crippen molar-refractivity contribution in [2.24, 2.45) is 5.41 Å². The van der Waals surface area contributed by atoms with Gasteiger partial charge in [-0.3, -0.25) is 0 Å². The van der Waals surface area contributed by atoms with Crippen LogP contribution in [0.15, 0.2) is 18.2 Å². The summed E-state index contributed by atoms with van der Waals surface area (Å²) in [5.74, 6) is -0.283. The molecule has 0 bridgehead atoms. The molecule has 1 heterocycles. The second-order valence-electron chi connectivity index (χ2n) is 5.72. The van der Waals surface area contributed by atoms with Crippen LogP contribution in [0.2, 0.25) is 5.02 Å². The smallest absolute Gasteiger partial charge is 0.144 e. The standard InChI is InChI=1S/C16H23ClFNO/c1-2-8-19-11-16(7-4-9-20-12-16)10-13-5-3-6-14(17)15(13)18/h3,5-6,19H,2,4,7-12H2,1H3. The van der Waals surface area contributed by atoms with Crippen molar-refractivity contribution in [1.29, 1.82) is 0 Å². The molecule has 4 heteroatoms. The van der Waals surface area contributed by atoms with Crippen molar-refractivity contribution in [3.63, 3.8) is 0 Å². The van der Waals surface area contributed by atoms with Crippen LogP contribution in [0.25, 0.3) is 0 Å². The van der Waals surface area contributed by atoms with Crippen LogP contribution in [0.3, 0.4) is 0 Å². The minimum Gasteiger partial charge on any atom is -0.381 e. The van der Waals surface area contributed by atoms with Crippen LogP contribution in [-0.4, -0.2) is 26.3 Å². The third-order valence-electron chi connectivity index (χ3n) is 3.93. The molecule has 2 nitrogen and oxygen atoms in total. The van der Waals surface area contributed by atoms with E-state index in [9.17, 15) is 4.39 Å². The first-order valence-electron chi connectivity index (χ1n) is 7.38. The number of benzene rings is 1. The van der Waals surface area contributed by atoms with Gasteiger partial charge in [-0.25, -0.2) is 4.39 Å². The molecule has 0 spiro atoms. The Hall–Kier alpha value is -0.640. The van der Waals surface area contributed by atoms with E-state index in [1.165, 1.54) is 0 Å². The molecule has 1 unspecified atom stereocenters. The molecule has 1 aromatic rings.